The van der Waals surface area contributed by atoms with E-state index >= 15 is 0 Å². The molecule has 4 atom stereocenters. The summed E-state index contributed by atoms with van der Waals surface area (Å²) < 4.78 is 9.61. The van der Waals surface area contributed by atoms with Gasteiger partial charge in [0.25, 0.3) is 0 Å². The average Bonchev–Trinajstić information content (AvgIpc) is 4.09. The molecule has 0 spiro atoms. The van der Waals surface area contributed by atoms with Crippen molar-refractivity contribution in [3.05, 3.63) is 71.4 Å². The molecule has 4 amide bonds. The molecular formula is C46H56N8O6. The minimum Gasteiger partial charge on any atom is -0.453 e. The third kappa shape index (κ3) is 7.67. The van der Waals surface area contributed by atoms with Gasteiger partial charge >= 0.3 is 12.2 Å². The van der Waals surface area contributed by atoms with E-state index in [1.54, 1.807) is 0 Å². The van der Waals surface area contributed by atoms with Crippen molar-refractivity contribution in [1.29, 1.82) is 0 Å². The fourth-order valence-electron chi connectivity index (χ4n) is 9.57. The molecule has 2 fully saturated rings. The van der Waals surface area contributed by atoms with E-state index in [-0.39, 0.29) is 35.7 Å². The predicted octanol–water partition coefficient (Wildman–Crippen LogP) is 7.74. The summed E-state index contributed by atoms with van der Waals surface area (Å²) in [6.07, 6.45) is 8.13. The van der Waals surface area contributed by atoms with E-state index in [1.807, 2.05) is 43.7 Å². The average molecular weight is 817 g/mol. The maximum Gasteiger partial charge on any atom is 0.407 e. The molecule has 2 aliphatic heterocycles. The molecule has 3 aromatic carbocycles. The van der Waals surface area contributed by atoms with Gasteiger partial charge in [-0.15, -0.1) is 0 Å². The van der Waals surface area contributed by atoms with Gasteiger partial charge in [0.05, 0.1) is 49.2 Å². The first-order chi connectivity index (χ1) is 29.0. The number of imidazole rings is 2. The molecule has 2 saturated heterocycles. The summed E-state index contributed by atoms with van der Waals surface area (Å²) in [6.45, 7) is 8.86. The van der Waals surface area contributed by atoms with E-state index in [0.29, 0.717) is 13.1 Å². The molecular weight excluding hydrogens is 761 g/mol. The fraction of sp³-hybridized carbons (Fsp3) is 0.478. The van der Waals surface area contributed by atoms with Crippen LogP contribution in [0.2, 0.25) is 0 Å². The van der Waals surface area contributed by atoms with Crippen molar-refractivity contribution < 1.29 is 28.7 Å². The first-order valence-corrected chi connectivity index (χ1v) is 21.4. The summed E-state index contributed by atoms with van der Waals surface area (Å²) >= 11 is 0. The van der Waals surface area contributed by atoms with Crippen molar-refractivity contribution in [2.75, 3.05) is 27.3 Å². The number of alkyl carbamates (subject to hydrolysis) is 2. The summed E-state index contributed by atoms with van der Waals surface area (Å²) in [4.78, 5) is 72.5. The minimum atomic E-state index is -0.694. The Morgan fingerprint density at radius 3 is 1.90 bits per heavy atom. The van der Waals surface area contributed by atoms with Crippen molar-refractivity contribution in [2.45, 2.75) is 103 Å². The molecule has 5 aromatic rings. The van der Waals surface area contributed by atoms with E-state index < -0.39 is 24.3 Å². The van der Waals surface area contributed by atoms with Gasteiger partial charge in [-0.1, -0.05) is 58.0 Å². The van der Waals surface area contributed by atoms with E-state index in [4.69, 9.17) is 19.4 Å². The Morgan fingerprint density at radius 1 is 0.717 bits per heavy atom. The van der Waals surface area contributed by atoms with Crippen molar-refractivity contribution in [3.63, 3.8) is 0 Å². The van der Waals surface area contributed by atoms with Gasteiger partial charge in [-0.05, 0) is 103 Å². The topological polar surface area (TPSA) is 175 Å². The Labute approximate surface area is 350 Å². The number of likely N-dealkylation sites (tertiary alicyclic amines) is 2. The molecule has 2 unspecified atom stereocenters. The highest BCUT2D eigenvalue weighted by Gasteiger charge is 2.39. The number of rotatable bonds is 10. The van der Waals surface area contributed by atoms with Crippen LogP contribution in [-0.2, 0) is 31.9 Å². The van der Waals surface area contributed by atoms with Crippen molar-refractivity contribution in [2.24, 2.45) is 11.8 Å². The molecule has 8 rings (SSSR count). The molecule has 14 nitrogen and oxygen atoms in total. The molecule has 60 heavy (non-hydrogen) atoms. The van der Waals surface area contributed by atoms with Crippen LogP contribution in [0.1, 0.15) is 101 Å². The van der Waals surface area contributed by atoms with Gasteiger partial charge < -0.3 is 39.9 Å². The smallest absolute Gasteiger partial charge is 0.407 e. The number of aromatic nitrogens is 4. The molecule has 4 heterocycles. The summed E-state index contributed by atoms with van der Waals surface area (Å²) in [5.74, 6) is 1.04. The van der Waals surface area contributed by atoms with Gasteiger partial charge in [-0.3, -0.25) is 9.59 Å². The lowest BCUT2D eigenvalue weighted by Crippen LogP contribution is -2.51. The molecule has 316 valence electrons. The normalized spacial score (nSPS) is 18.9. The molecule has 2 aromatic heterocycles. The van der Waals surface area contributed by atoms with Gasteiger partial charge in [0.2, 0.25) is 11.8 Å². The predicted molar refractivity (Wildman–Crippen MR) is 229 cm³/mol. The quantitative estimate of drug-likeness (QED) is 0.111. The first kappa shape index (κ1) is 40.8. The van der Waals surface area contributed by atoms with E-state index in [1.165, 1.54) is 30.9 Å². The maximum absolute atomic E-state index is 13.8. The number of hydrogen-bond donors (Lipinski definition) is 4. The van der Waals surface area contributed by atoms with Gasteiger partial charge in [-0.25, -0.2) is 19.6 Å². The van der Waals surface area contributed by atoms with Gasteiger partial charge in [0.1, 0.15) is 23.7 Å². The zero-order valence-corrected chi connectivity index (χ0v) is 35.4. The highest BCUT2D eigenvalue weighted by atomic mass is 16.5. The molecule has 14 heteroatoms. The molecule has 0 bridgehead atoms. The number of fused-ring (bicyclic) bond motifs is 4. The van der Waals surface area contributed by atoms with Crippen LogP contribution in [-0.4, -0.2) is 93.1 Å². The maximum atomic E-state index is 13.8. The Kier molecular flexibility index (Phi) is 11.6. The van der Waals surface area contributed by atoms with Gasteiger partial charge in [0.15, 0.2) is 0 Å². The van der Waals surface area contributed by atoms with E-state index in [0.717, 1.165) is 102 Å². The Hall–Kier alpha value is -5.92. The van der Waals surface area contributed by atoms with Gasteiger partial charge in [-0.2, -0.15) is 0 Å². The molecule has 1 aliphatic carbocycles. The van der Waals surface area contributed by atoms with Crippen LogP contribution in [0.3, 0.4) is 0 Å². The molecule has 0 saturated carbocycles. The van der Waals surface area contributed by atoms with Crippen LogP contribution >= 0.6 is 0 Å². The summed E-state index contributed by atoms with van der Waals surface area (Å²) in [6, 6.07) is 13.4. The first-order valence-electron chi connectivity index (χ1n) is 21.4. The van der Waals surface area contributed by atoms with Crippen molar-refractivity contribution >= 4 is 45.8 Å². The summed E-state index contributed by atoms with van der Waals surface area (Å²) in [5, 5.41) is 7.59. The van der Waals surface area contributed by atoms with Gasteiger partial charge in [0, 0.05) is 24.0 Å². The van der Waals surface area contributed by atoms with E-state index in [9.17, 15) is 19.2 Å². The van der Waals surface area contributed by atoms with E-state index in [2.05, 4.69) is 63.1 Å². The fourth-order valence-corrected chi connectivity index (χ4v) is 9.57. The number of amides is 4. The largest absolute Gasteiger partial charge is 0.453 e. The minimum absolute atomic E-state index is 0.105. The molecule has 3 aliphatic rings. The second-order valence-corrected chi connectivity index (χ2v) is 17.1. The van der Waals surface area contributed by atoms with Crippen molar-refractivity contribution in [1.82, 2.24) is 40.4 Å². The standard InChI is InChI=1S/C46H56N8O6/c1-25(2)38(51-45(57)59-5)43(55)53-21-9-13-36(53)41-47-24-35(49-41)33-19-18-29(31-11-7-8-12-32(31)33)27-15-17-30-28(23-27)16-20-34-40(30)50-42(48-34)37-14-10-22-54(37)44(56)39(26(3)4)52-46(58)60-6/h15-20,23-26,36-39H,7-14,21-22H2,1-6H3,(H,47,49)(H,48,50)(H,51,57)(H,52,58)/t36?,37?,38-,39+/m1/s1. The Morgan fingerprint density at radius 2 is 1.30 bits per heavy atom. The third-order valence-corrected chi connectivity index (χ3v) is 12.7. The third-order valence-electron chi connectivity index (χ3n) is 12.7. The van der Waals surface area contributed by atoms with Crippen LogP contribution < -0.4 is 10.6 Å². The summed E-state index contributed by atoms with van der Waals surface area (Å²) in [5.41, 5.74) is 8.94. The number of nitrogens with one attached hydrogen (secondary N) is 4. The Balaban J connectivity index is 1.06. The second-order valence-electron chi connectivity index (χ2n) is 17.1. The van der Waals surface area contributed by atoms with Crippen molar-refractivity contribution in [3.8, 4) is 22.4 Å². The number of benzene rings is 3. The number of H-pyrrole nitrogens is 2. The zero-order valence-electron chi connectivity index (χ0n) is 35.4. The van der Waals surface area contributed by atoms with Crippen LogP contribution in [0.4, 0.5) is 9.59 Å². The molecule has 0 radical (unpaired) electrons. The highest BCUT2D eigenvalue weighted by Crippen LogP contribution is 2.41. The summed E-state index contributed by atoms with van der Waals surface area (Å²) in [7, 11) is 2.60. The SMILES string of the molecule is COC(=O)N[C@H](C(=O)N1CCCC1c1nc2c(ccc3cc(-c4ccc(-c5cnc(C6CCCN6C(=O)[C@H](NC(=O)OC)C(C)C)[nH]5)c5c4CCCC5)ccc32)[nH]1)C(C)C. The second kappa shape index (κ2) is 17.0. The zero-order chi connectivity index (χ0) is 42.2. The van der Waals surface area contributed by atoms with Crippen LogP contribution in [0.25, 0.3) is 44.2 Å². The number of hydrogen-bond acceptors (Lipinski definition) is 8. The number of ether oxygens (including phenoxy) is 2. The molecule has 4 N–H and O–H groups in total. The lowest BCUT2D eigenvalue weighted by atomic mass is 9.82. The van der Waals surface area contributed by atoms with Crippen LogP contribution in [0.15, 0.2) is 48.7 Å². The Bertz CT molecular complexity index is 2440. The van der Waals surface area contributed by atoms with Crippen LogP contribution in [0.5, 0.6) is 0 Å². The lowest BCUT2D eigenvalue weighted by molar-refractivity contribution is -0.136. The highest BCUT2D eigenvalue weighted by molar-refractivity contribution is 6.05. The number of aromatic amines is 2. The van der Waals surface area contributed by atoms with Crippen LogP contribution in [0, 0.1) is 11.8 Å². The monoisotopic (exact) mass is 816 g/mol. The number of nitrogens with zero attached hydrogens (tertiary/aromatic N) is 4. The number of carbonyl (C=O) groups excluding carboxylic acids is 4. The lowest BCUT2D eigenvalue weighted by Gasteiger charge is -2.30. The number of methoxy groups -OCH3 is 2. The number of carbonyl (C=O) groups is 4.